The number of rotatable bonds is 6. The second kappa shape index (κ2) is 10.7. The second-order valence-electron chi connectivity index (χ2n) is 11.8. The Morgan fingerprint density at radius 2 is 1.79 bits per heavy atom. The first-order valence-electron chi connectivity index (χ1n) is 14.5. The monoisotopic (exact) mass is 598 g/mol. The number of fused-ring (bicyclic) bond motifs is 4. The van der Waals surface area contributed by atoms with Gasteiger partial charge in [-0.15, -0.1) is 0 Å². The number of pyridine rings is 1. The van der Waals surface area contributed by atoms with Gasteiger partial charge < -0.3 is 5.43 Å². The fourth-order valence-electron chi connectivity index (χ4n) is 7.08. The summed E-state index contributed by atoms with van der Waals surface area (Å²) in [5.41, 5.74) is 10.5. The van der Waals surface area contributed by atoms with Gasteiger partial charge in [-0.05, 0) is 66.5 Å². The lowest BCUT2D eigenvalue weighted by molar-refractivity contribution is 0.205. The molecule has 226 valence electrons. The lowest BCUT2D eigenvalue weighted by Gasteiger charge is -2.43. The van der Waals surface area contributed by atoms with Gasteiger partial charge in [0.2, 0.25) is 0 Å². The highest BCUT2D eigenvalue weighted by Crippen LogP contribution is 2.68. The minimum absolute atomic E-state index is 0.0280. The van der Waals surface area contributed by atoms with E-state index in [1.807, 2.05) is 31.9 Å². The highest BCUT2D eigenvalue weighted by atomic mass is 32.2. The summed E-state index contributed by atoms with van der Waals surface area (Å²) in [4.78, 5) is 9.70. The van der Waals surface area contributed by atoms with Crippen LogP contribution in [0.4, 0.5) is 14.6 Å². The van der Waals surface area contributed by atoms with Crippen molar-refractivity contribution in [3.63, 3.8) is 0 Å². The summed E-state index contributed by atoms with van der Waals surface area (Å²) in [7, 11) is -1.32. The summed E-state index contributed by atoms with van der Waals surface area (Å²) >= 11 is 0. The second-order valence-corrected chi connectivity index (χ2v) is 14.1. The van der Waals surface area contributed by atoms with Gasteiger partial charge in [-0.25, -0.2) is 32.2 Å². The van der Waals surface area contributed by atoms with Crippen molar-refractivity contribution in [1.29, 1.82) is 0 Å². The fourth-order valence-corrected chi connectivity index (χ4v) is 7.64. The first-order chi connectivity index (χ1) is 19.8. The highest BCUT2D eigenvalue weighted by molar-refractivity contribution is 7.90. The standard InChI is InChI=1S/C29H34F2N6O2S.C2H6/c1-17-9-10-23(33-27(17)37-16-32-24(34-37)12-14-40(5,38)39)29-13-11-19(28(29,2)3)18-15-22(36(4)35-26(18)29)25-20(30)7-6-8-21(25)31;1-2/h6-10,15,19,35H,11-14,16H2,1-5H3,(H,32,34);1-2H3/t19-,29-;/m0./s1. The van der Waals surface area contributed by atoms with Gasteiger partial charge in [0.05, 0.1) is 28.1 Å². The molecule has 6 rings (SSSR count). The van der Waals surface area contributed by atoms with Crippen LogP contribution in [0, 0.1) is 29.9 Å². The summed E-state index contributed by atoms with van der Waals surface area (Å²) in [6.07, 6.45) is 5.31. The van der Waals surface area contributed by atoms with Crippen LogP contribution >= 0.6 is 0 Å². The van der Waals surface area contributed by atoms with Crippen LogP contribution in [0.15, 0.2) is 52.7 Å². The number of amidine groups is 1. The Labute approximate surface area is 247 Å². The Hall–Kier alpha value is -3.47. The molecule has 8 nitrogen and oxygen atoms in total. The van der Waals surface area contributed by atoms with Gasteiger partial charge in [-0.2, -0.15) is 0 Å². The summed E-state index contributed by atoms with van der Waals surface area (Å²) in [5.74, 6) is 0.392. The molecule has 3 heterocycles. The summed E-state index contributed by atoms with van der Waals surface area (Å²) in [6.45, 7) is 10.8. The molecule has 2 aromatic rings. The maximum Gasteiger partial charge on any atom is 0.152 e. The molecule has 2 N–H and O–H groups in total. The molecule has 11 heteroatoms. The van der Waals surface area contributed by atoms with Crippen molar-refractivity contribution in [2.24, 2.45) is 16.3 Å². The molecule has 0 saturated heterocycles. The van der Waals surface area contributed by atoms with Gasteiger partial charge in [0.25, 0.3) is 0 Å². The first-order valence-corrected chi connectivity index (χ1v) is 16.5. The van der Waals surface area contributed by atoms with E-state index < -0.39 is 26.9 Å². The van der Waals surface area contributed by atoms with E-state index in [1.165, 1.54) is 24.5 Å². The average molecular weight is 599 g/mol. The van der Waals surface area contributed by atoms with E-state index >= 15 is 0 Å². The zero-order valence-corrected chi connectivity index (χ0v) is 26.2. The maximum absolute atomic E-state index is 14.8. The van der Waals surface area contributed by atoms with E-state index in [-0.39, 0.29) is 22.6 Å². The zero-order chi connectivity index (χ0) is 30.6. The number of aryl methyl sites for hydroxylation is 1. The number of allylic oxidation sites excluding steroid dienone is 3. The number of benzene rings is 1. The van der Waals surface area contributed by atoms with Crippen LogP contribution in [0.25, 0.3) is 5.70 Å². The van der Waals surface area contributed by atoms with Gasteiger partial charge in [0.15, 0.2) is 5.82 Å². The number of hydrazine groups is 2. The highest BCUT2D eigenvalue weighted by Gasteiger charge is 2.65. The van der Waals surface area contributed by atoms with Crippen molar-refractivity contribution < 1.29 is 17.2 Å². The number of hydrogen-bond acceptors (Lipinski definition) is 8. The van der Waals surface area contributed by atoms with Gasteiger partial charge in [0.1, 0.15) is 34.0 Å². The van der Waals surface area contributed by atoms with Crippen LogP contribution in [0.1, 0.15) is 63.8 Å². The molecule has 2 aliphatic heterocycles. The third-order valence-corrected chi connectivity index (χ3v) is 10.1. The topological polar surface area (TPSA) is 89.9 Å². The van der Waals surface area contributed by atoms with E-state index in [1.54, 1.807) is 12.1 Å². The number of anilines is 1. The average Bonchev–Trinajstić information content (AvgIpc) is 3.56. The lowest BCUT2D eigenvalue weighted by Crippen LogP contribution is -2.47. The van der Waals surface area contributed by atoms with Crippen molar-refractivity contribution in [3.05, 3.63) is 76.1 Å². The molecule has 0 spiro atoms. The molecule has 2 atom stereocenters. The van der Waals surface area contributed by atoms with E-state index in [4.69, 9.17) is 4.98 Å². The smallest absolute Gasteiger partial charge is 0.152 e. The van der Waals surface area contributed by atoms with Crippen molar-refractivity contribution in [2.45, 2.75) is 59.3 Å². The molecule has 0 radical (unpaired) electrons. The van der Waals surface area contributed by atoms with Crippen molar-refractivity contribution >= 4 is 27.2 Å². The van der Waals surface area contributed by atoms with Gasteiger partial charge in [-0.3, -0.25) is 10.4 Å². The molecule has 1 aromatic heterocycles. The minimum atomic E-state index is -3.10. The molecule has 0 amide bonds. The molecule has 1 aromatic carbocycles. The third-order valence-electron chi connectivity index (χ3n) is 9.16. The van der Waals surface area contributed by atoms with Gasteiger partial charge in [-0.1, -0.05) is 39.8 Å². The molecule has 0 unspecified atom stereocenters. The molecule has 2 aliphatic carbocycles. The normalized spacial score (nSPS) is 24.0. The maximum atomic E-state index is 14.8. The predicted octanol–water partition coefficient (Wildman–Crippen LogP) is 5.24. The number of hydrogen-bond donors (Lipinski definition) is 2. The van der Waals surface area contributed by atoms with E-state index in [2.05, 4.69) is 41.8 Å². The minimum Gasteiger partial charge on any atom is -0.301 e. The molecule has 4 aliphatic rings. The fraction of sp³-hybridized carbons (Fsp3) is 0.484. The van der Waals surface area contributed by atoms with E-state index in [9.17, 15) is 17.2 Å². The Morgan fingerprint density at radius 3 is 2.45 bits per heavy atom. The van der Waals surface area contributed by atoms with Gasteiger partial charge in [0, 0.05) is 25.4 Å². The zero-order valence-electron chi connectivity index (χ0n) is 25.3. The van der Waals surface area contributed by atoms with Crippen LogP contribution in [-0.4, -0.2) is 50.0 Å². The molecular formula is C31H40F2N6O2S. The summed E-state index contributed by atoms with van der Waals surface area (Å²) in [6, 6.07) is 8.08. The van der Waals surface area contributed by atoms with E-state index in [0.29, 0.717) is 24.6 Å². The largest absolute Gasteiger partial charge is 0.301 e. The summed E-state index contributed by atoms with van der Waals surface area (Å²) < 4.78 is 52.8. The number of nitrogens with one attached hydrogen (secondary N) is 2. The van der Waals surface area contributed by atoms with Crippen LogP contribution < -0.4 is 15.9 Å². The van der Waals surface area contributed by atoms with Crippen LogP contribution in [0.5, 0.6) is 0 Å². The number of aromatic nitrogens is 1. The number of halogens is 2. The van der Waals surface area contributed by atoms with Crippen LogP contribution in [0.3, 0.4) is 0 Å². The number of aliphatic imine (C=N–C) groups is 1. The summed E-state index contributed by atoms with van der Waals surface area (Å²) in [5, 5.41) is 3.56. The molecule has 2 bridgehead atoms. The Balaban J connectivity index is 0.00000173. The van der Waals surface area contributed by atoms with Crippen molar-refractivity contribution in [3.8, 4) is 0 Å². The van der Waals surface area contributed by atoms with Crippen LogP contribution in [-0.2, 0) is 15.3 Å². The Morgan fingerprint density at radius 1 is 1.10 bits per heavy atom. The molecular weight excluding hydrogens is 558 g/mol. The number of nitrogens with zero attached hydrogens (tertiary/aromatic N) is 4. The van der Waals surface area contributed by atoms with Gasteiger partial charge >= 0.3 is 0 Å². The first kappa shape index (κ1) is 30.0. The Bertz CT molecular complexity index is 1600. The van der Waals surface area contributed by atoms with Crippen molar-refractivity contribution in [2.75, 3.05) is 30.7 Å². The third kappa shape index (κ3) is 4.66. The predicted molar refractivity (Wildman–Crippen MR) is 163 cm³/mol. The molecule has 42 heavy (non-hydrogen) atoms. The quantitative estimate of drug-likeness (QED) is 0.470. The molecule has 1 saturated carbocycles. The van der Waals surface area contributed by atoms with Crippen LogP contribution in [0.2, 0.25) is 0 Å². The molecule has 1 fully saturated rings. The van der Waals surface area contributed by atoms with Crippen molar-refractivity contribution in [1.82, 2.24) is 20.8 Å². The van der Waals surface area contributed by atoms with E-state index in [0.717, 1.165) is 41.2 Å². The number of sulfone groups is 1. The Kier molecular flexibility index (Phi) is 7.62. The lowest BCUT2D eigenvalue weighted by atomic mass is 9.65. The SMILES string of the molecule is CC.Cc1ccc([C@@]23CC[C@@H](C4=C2NN(C)C(c2c(F)cccc2F)=C4)C3(C)C)nc1N1CN=C(CCS(C)(=O)=O)N1.